The van der Waals surface area contributed by atoms with Gasteiger partial charge in [0.05, 0.1) is 24.2 Å². The fourth-order valence-corrected chi connectivity index (χ4v) is 5.20. The van der Waals surface area contributed by atoms with Crippen molar-refractivity contribution in [1.82, 2.24) is 20.2 Å². The number of aliphatic hydroxyl groups excluding tert-OH is 3. The summed E-state index contributed by atoms with van der Waals surface area (Å²) in [5.41, 5.74) is 6.67. The number of hydrogen-bond acceptors (Lipinski definition) is 11. The van der Waals surface area contributed by atoms with Crippen LogP contribution in [0.3, 0.4) is 0 Å². The summed E-state index contributed by atoms with van der Waals surface area (Å²) in [6.45, 7) is 3.44. The minimum absolute atomic E-state index is 0.00950. The first kappa shape index (κ1) is 38.0. The van der Waals surface area contributed by atoms with Crippen molar-refractivity contribution in [2.24, 2.45) is 7.05 Å². The maximum Gasteiger partial charge on any atom is 0.333 e. The molecule has 5 N–H and O–H groups in total. The van der Waals surface area contributed by atoms with Crippen LogP contribution in [0.2, 0.25) is 0 Å². The lowest BCUT2D eigenvalue weighted by atomic mass is 10.1. The molecule has 50 heavy (non-hydrogen) atoms. The number of carbonyl (C=O) groups is 2. The lowest BCUT2D eigenvalue weighted by Gasteiger charge is -2.22. The Bertz CT molecular complexity index is 1700. The molecule has 266 valence electrons. The van der Waals surface area contributed by atoms with Crippen LogP contribution in [0.1, 0.15) is 34.5 Å². The van der Waals surface area contributed by atoms with Gasteiger partial charge in [-0.25, -0.2) is 14.6 Å². The summed E-state index contributed by atoms with van der Waals surface area (Å²) in [7, 11) is 2.00. The van der Waals surface area contributed by atoms with Gasteiger partial charge in [0.25, 0.3) is 0 Å². The molecule has 0 unspecified atom stereocenters. The molecule has 0 saturated heterocycles. The van der Waals surface area contributed by atoms with Crippen LogP contribution in [-0.2, 0) is 45.6 Å². The van der Waals surface area contributed by atoms with Crippen molar-refractivity contribution in [1.29, 1.82) is 0 Å². The fraction of sp³-hybridized carbons (Fsp3) is 0.342. The number of hydrogen-bond donors (Lipinski definition) is 5. The van der Waals surface area contributed by atoms with Crippen molar-refractivity contribution >= 4 is 40.8 Å². The van der Waals surface area contributed by atoms with Gasteiger partial charge in [-0.1, -0.05) is 48.5 Å². The zero-order valence-corrected chi connectivity index (χ0v) is 28.5. The first-order valence-electron chi connectivity index (χ1n) is 16.7. The number of rotatable bonds is 21. The highest BCUT2D eigenvalue weighted by atomic mass is 16.7. The quantitative estimate of drug-likeness (QED) is 0.0380. The lowest BCUT2D eigenvalue weighted by Crippen LogP contribution is -2.29. The minimum atomic E-state index is -0.624. The Labute approximate surface area is 292 Å². The molecule has 12 nitrogen and oxygen atoms in total. The van der Waals surface area contributed by atoms with E-state index in [0.717, 1.165) is 64.3 Å². The molecule has 0 aliphatic heterocycles. The Morgan fingerprint density at radius 3 is 1.88 bits per heavy atom. The molecular formula is C38H47N5O7. The average molecular weight is 686 g/mol. The summed E-state index contributed by atoms with van der Waals surface area (Å²) < 4.78 is 12.0. The van der Waals surface area contributed by atoms with E-state index in [0.29, 0.717) is 32.6 Å². The molecular weight excluding hydrogens is 638 g/mol. The minimum Gasteiger partial charge on any atom is -0.425 e. The first-order valence-corrected chi connectivity index (χ1v) is 16.7. The van der Waals surface area contributed by atoms with Gasteiger partial charge in [0.1, 0.15) is 5.82 Å². The number of imidazole rings is 1. The molecule has 0 fully saturated rings. The van der Waals surface area contributed by atoms with E-state index in [1.807, 2.05) is 78.7 Å². The predicted molar refractivity (Wildman–Crippen MR) is 194 cm³/mol. The fourth-order valence-electron chi connectivity index (χ4n) is 5.20. The van der Waals surface area contributed by atoms with Crippen LogP contribution in [-0.4, -0.2) is 89.6 Å². The van der Waals surface area contributed by atoms with Crippen molar-refractivity contribution in [3.63, 3.8) is 0 Å². The zero-order chi connectivity index (χ0) is 35.6. The van der Waals surface area contributed by atoms with Crippen LogP contribution in [0.25, 0.3) is 23.2 Å². The number of benzene rings is 3. The maximum atomic E-state index is 12.1. The van der Waals surface area contributed by atoms with Crippen molar-refractivity contribution in [2.75, 3.05) is 57.7 Å². The van der Waals surface area contributed by atoms with Crippen molar-refractivity contribution in [3.05, 3.63) is 107 Å². The molecule has 4 rings (SSSR count). The Balaban J connectivity index is 1.13. The smallest absolute Gasteiger partial charge is 0.333 e. The topological polar surface area (TPSA) is 158 Å². The highest BCUT2D eigenvalue weighted by Crippen LogP contribution is 2.22. The number of esters is 2. The Morgan fingerprint density at radius 1 is 0.780 bits per heavy atom. The number of fused-ring (bicyclic) bond motifs is 1. The predicted octanol–water partition coefficient (Wildman–Crippen LogP) is 2.94. The number of nitrogens with one attached hydrogen (secondary N) is 2. The van der Waals surface area contributed by atoms with Gasteiger partial charge in [-0.3, -0.25) is 0 Å². The van der Waals surface area contributed by atoms with E-state index in [1.165, 1.54) is 12.2 Å². The van der Waals surface area contributed by atoms with E-state index in [2.05, 4.69) is 15.2 Å². The molecule has 1 heterocycles. The van der Waals surface area contributed by atoms with Gasteiger partial charge >= 0.3 is 11.9 Å². The Morgan fingerprint density at radius 2 is 1.34 bits per heavy atom. The molecule has 0 bridgehead atoms. The molecule has 0 spiro atoms. The van der Waals surface area contributed by atoms with E-state index in [-0.39, 0.29) is 19.8 Å². The molecule has 3 aromatic carbocycles. The summed E-state index contributed by atoms with van der Waals surface area (Å²) in [5.74, 6) is -0.286. The van der Waals surface area contributed by atoms with Gasteiger partial charge < -0.3 is 44.9 Å². The molecule has 0 aliphatic carbocycles. The van der Waals surface area contributed by atoms with Gasteiger partial charge in [-0.2, -0.15) is 0 Å². The van der Waals surface area contributed by atoms with Gasteiger partial charge in [-0.05, 0) is 65.6 Å². The summed E-state index contributed by atoms with van der Waals surface area (Å²) in [6, 6.07) is 21.5. The Kier molecular flexibility index (Phi) is 15.6. The monoisotopic (exact) mass is 685 g/mol. The van der Waals surface area contributed by atoms with Crippen LogP contribution in [0.5, 0.6) is 0 Å². The highest BCUT2D eigenvalue weighted by molar-refractivity contribution is 5.88. The van der Waals surface area contributed by atoms with Gasteiger partial charge in [0.2, 0.25) is 6.79 Å². The van der Waals surface area contributed by atoms with Crippen molar-refractivity contribution < 1.29 is 34.4 Å². The van der Waals surface area contributed by atoms with Gasteiger partial charge in [-0.15, -0.1) is 0 Å². The van der Waals surface area contributed by atoms with E-state index < -0.39 is 18.7 Å². The van der Waals surface area contributed by atoms with Crippen LogP contribution in [0.4, 0.5) is 5.69 Å². The largest absolute Gasteiger partial charge is 0.425 e. The standard InChI is InChI=1S/C38H47N5O7/c1-42-35-14-13-33(43(20-23-45)21-24-46)25-34(35)41-36(42)17-19-40-27-32-9-5-30(6-10-32)12-16-38(48)50-28-49-37(47)15-11-29-3-7-31(8-4-29)26-39-18-2-22-44/h3-16,25,39-40,44-46H,2,17-24,26-28H2,1H3/b15-11+,16-12+. The molecule has 0 aliphatic rings. The number of anilines is 1. The molecule has 1 aromatic heterocycles. The molecule has 12 heteroatoms. The second-order valence-corrected chi connectivity index (χ2v) is 11.6. The molecule has 4 aromatic rings. The normalized spacial score (nSPS) is 11.5. The summed E-state index contributed by atoms with van der Waals surface area (Å²) in [5, 5.41) is 34.2. The SMILES string of the molecule is Cn1c(CCNCc2ccc(/C=C/C(=O)OCOC(=O)/C=C/c3ccc(CNCCCO)cc3)cc2)nc2cc(N(CCO)CCO)ccc21. The van der Waals surface area contributed by atoms with E-state index >= 15 is 0 Å². The first-order chi connectivity index (χ1) is 24.4. The third kappa shape index (κ3) is 12.2. The molecule has 0 amide bonds. The van der Waals surface area contributed by atoms with Crippen molar-refractivity contribution in [3.8, 4) is 0 Å². The summed E-state index contributed by atoms with van der Waals surface area (Å²) >= 11 is 0. The maximum absolute atomic E-state index is 12.1. The van der Waals surface area contributed by atoms with Crippen LogP contribution >= 0.6 is 0 Å². The number of aromatic nitrogens is 2. The lowest BCUT2D eigenvalue weighted by molar-refractivity contribution is -0.160. The summed E-state index contributed by atoms with van der Waals surface area (Å²) in [4.78, 5) is 30.8. The molecule has 0 radical (unpaired) electrons. The second kappa shape index (κ2) is 20.6. The number of aliphatic hydroxyl groups is 3. The zero-order valence-electron chi connectivity index (χ0n) is 28.5. The Hall–Kier alpha value is -4.85. The van der Waals surface area contributed by atoms with Gasteiger partial charge in [0, 0.05) is 70.6 Å². The number of ether oxygens (including phenoxy) is 2. The van der Waals surface area contributed by atoms with Crippen LogP contribution < -0.4 is 15.5 Å². The highest BCUT2D eigenvalue weighted by Gasteiger charge is 2.12. The second-order valence-electron chi connectivity index (χ2n) is 11.6. The number of nitrogens with zero attached hydrogens (tertiary/aromatic N) is 3. The number of aryl methyl sites for hydroxylation is 1. The average Bonchev–Trinajstić information content (AvgIpc) is 3.45. The molecule has 0 saturated carbocycles. The van der Waals surface area contributed by atoms with Crippen LogP contribution in [0, 0.1) is 0 Å². The van der Waals surface area contributed by atoms with E-state index in [9.17, 15) is 19.8 Å². The summed E-state index contributed by atoms with van der Waals surface area (Å²) in [6.07, 6.45) is 7.28. The van der Waals surface area contributed by atoms with Crippen LogP contribution in [0.15, 0.2) is 78.9 Å². The third-order valence-electron chi connectivity index (χ3n) is 7.94. The van der Waals surface area contributed by atoms with Gasteiger partial charge in [0.15, 0.2) is 0 Å². The van der Waals surface area contributed by atoms with E-state index in [1.54, 1.807) is 12.2 Å². The third-order valence-corrected chi connectivity index (χ3v) is 7.94. The van der Waals surface area contributed by atoms with Crippen molar-refractivity contribution in [2.45, 2.75) is 25.9 Å². The van der Waals surface area contributed by atoms with E-state index in [4.69, 9.17) is 19.6 Å². The molecule has 0 atom stereocenters. The number of carbonyl (C=O) groups excluding carboxylic acids is 2.